The van der Waals surface area contributed by atoms with Gasteiger partial charge in [-0.2, -0.15) is 0 Å². The first-order valence-electron chi connectivity index (χ1n) is 5.61. The van der Waals surface area contributed by atoms with Gasteiger partial charge in [0.25, 0.3) is 0 Å². The predicted octanol–water partition coefficient (Wildman–Crippen LogP) is 1.77. The molecule has 1 unspecified atom stereocenters. The van der Waals surface area contributed by atoms with Crippen molar-refractivity contribution >= 4 is 0 Å². The Morgan fingerprint density at radius 3 is 3.27 bits per heavy atom. The molecule has 0 spiro atoms. The van der Waals surface area contributed by atoms with Crippen molar-refractivity contribution in [1.29, 1.82) is 0 Å². The number of pyridine rings is 1. The highest BCUT2D eigenvalue weighted by Crippen LogP contribution is 2.17. The summed E-state index contributed by atoms with van der Waals surface area (Å²) in [5.74, 6) is 1.57. The van der Waals surface area contributed by atoms with E-state index >= 15 is 0 Å². The van der Waals surface area contributed by atoms with E-state index in [4.69, 9.17) is 4.74 Å². The second-order valence-electron chi connectivity index (χ2n) is 4.11. The zero-order valence-electron chi connectivity index (χ0n) is 9.20. The molecule has 0 radical (unpaired) electrons. The number of hydrogen-bond donors (Lipinski definition) is 1. The quantitative estimate of drug-likeness (QED) is 0.818. The minimum Gasteiger partial charge on any atom is -0.491 e. The lowest BCUT2D eigenvalue weighted by Gasteiger charge is -2.22. The normalized spacial score (nSPS) is 21.3. The third-order valence-electron chi connectivity index (χ3n) is 2.83. The molecule has 0 amide bonds. The van der Waals surface area contributed by atoms with E-state index in [1.54, 1.807) is 6.20 Å². The van der Waals surface area contributed by atoms with Crippen LogP contribution in [0, 0.1) is 12.8 Å². The highest BCUT2D eigenvalue weighted by Gasteiger charge is 2.13. The Morgan fingerprint density at radius 2 is 2.53 bits per heavy atom. The van der Waals surface area contributed by atoms with Crippen molar-refractivity contribution in [2.75, 3.05) is 19.7 Å². The Hall–Kier alpha value is -1.09. The van der Waals surface area contributed by atoms with Gasteiger partial charge in [-0.15, -0.1) is 0 Å². The molecule has 1 aliphatic rings. The van der Waals surface area contributed by atoms with Gasteiger partial charge in [0.2, 0.25) is 0 Å². The Bertz CT molecular complexity index is 308. The number of piperidine rings is 1. The smallest absolute Gasteiger partial charge is 0.140 e. The SMILES string of the molecule is Cc1ncccc1OCC1CCCNC1. The third-order valence-corrected chi connectivity index (χ3v) is 2.83. The van der Waals surface area contributed by atoms with Gasteiger partial charge in [0.15, 0.2) is 0 Å². The summed E-state index contributed by atoms with van der Waals surface area (Å²) >= 11 is 0. The molecule has 82 valence electrons. The molecule has 1 aromatic heterocycles. The lowest BCUT2D eigenvalue weighted by molar-refractivity contribution is 0.217. The fourth-order valence-corrected chi connectivity index (χ4v) is 1.90. The number of nitrogens with one attached hydrogen (secondary N) is 1. The minimum absolute atomic E-state index is 0.651. The summed E-state index contributed by atoms with van der Waals surface area (Å²) in [5, 5.41) is 3.39. The maximum atomic E-state index is 5.77. The van der Waals surface area contributed by atoms with Gasteiger partial charge in [0.1, 0.15) is 5.75 Å². The molecule has 0 bridgehead atoms. The monoisotopic (exact) mass is 206 g/mol. The second kappa shape index (κ2) is 5.12. The first-order chi connectivity index (χ1) is 7.36. The lowest BCUT2D eigenvalue weighted by atomic mass is 10.0. The molecule has 0 aromatic carbocycles. The standard InChI is InChI=1S/C12H18N2O/c1-10-12(5-3-7-14-10)15-9-11-4-2-6-13-8-11/h3,5,7,11,13H,2,4,6,8-9H2,1H3. The molecular weight excluding hydrogens is 188 g/mol. The van der Waals surface area contributed by atoms with Gasteiger partial charge in [-0.1, -0.05) is 0 Å². The van der Waals surface area contributed by atoms with E-state index in [1.807, 2.05) is 19.1 Å². The van der Waals surface area contributed by atoms with Gasteiger partial charge >= 0.3 is 0 Å². The highest BCUT2D eigenvalue weighted by atomic mass is 16.5. The number of aryl methyl sites for hydroxylation is 1. The van der Waals surface area contributed by atoms with Gasteiger partial charge in [-0.05, 0) is 38.4 Å². The van der Waals surface area contributed by atoms with E-state index < -0.39 is 0 Å². The predicted molar refractivity (Wildman–Crippen MR) is 60.1 cm³/mol. The van der Waals surface area contributed by atoms with Crippen molar-refractivity contribution in [2.45, 2.75) is 19.8 Å². The number of hydrogen-bond acceptors (Lipinski definition) is 3. The second-order valence-corrected chi connectivity index (χ2v) is 4.11. The summed E-state index contributed by atoms with van der Waals surface area (Å²) in [6.07, 6.45) is 4.33. The van der Waals surface area contributed by atoms with Gasteiger partial charge in [0, 0.05) is 18.7 Å². The van der Waals surface area contributed by atoms with Crippen molar-refractivity contribution < 1.29 is 4.74 Å². The summed E-state index contributed by atoms with van der Waals surface area (Å²) < 4.78 is 5.77. The van der Waals surface area contributed by atoms with Crippen LogP contribution < -0.4 is 10.1 Å². The molecule has 2 heterocycles. The highest BCUT2D eigenvalue weighted by molar-refractivity contribution is 5.25. The van der Waals surface area contributed by atoms with Crippen molar-refractivity contribution in [3.8, 4) is 5.75 Å². The zero-order valence-corrected chi connectivity index (χ0v) is 9.20. The average molecular weight is 206 g/mol. The molecule has 1 fully saturated rings. The number of ether oxygens (including phenoxy) is 1. The summed E-state index contributed by atoms with van der Waals surface area (Å²) in [7, 11) is 0. The van der Waals surface area contributed by atoms with Gasteiger partial charge in [0.05, 0.1) is 12.3 Å². The fraction of sp³-hybridized carbons (Fsp3) is 0.583. The Labute approximate surface area is 90.9 Å². The molecule has 0 aliphatic carbocycles. The van der Waals surface area contributed by atoms with Crippen LogP contribution in [0.3, 0.4) is 0 Å². The van der Waals surface area contributed by atoms with Crippen LogP contribution in [0.1, 0.15) is 18.5 Å². The molecule has 2 rings (SSSR count). The summed E-state index contributed by atoms with van der Waals surface area (Å²) in [6.45, 7) is 5.02. The topological polar surface area (TPSA) is 34.1 Å². The van der Waals surface area contributed by atoms with Crippen LogP contribution in [0.15, 0.2) is 18.3 Å². The molecule has 0 saturated carbocycles. The van der Waals surface area contributed by atoms with E-state index in [2.05, 4.69) is 10.3 Å². The molecular formula is C12H18N2O. The fourth-order valence-electron chi connectivity index (χ4n) is 1.90. The minimum atomic E-state index is 0.651. The largest absolute Gasteiger partial charge is 0.491 e. The summed E-state index contributed by atoms with van der Waals surface area (Å²) in [5.41, 5.74) is 0.973. The van der Waals surface area contributed by atoms with Crippen LogP contribution in [0.25, 0.3) is 0 Å². The lowest BCUT2D eigenvalue weighted by Crippen LogP contribution is -2.33. The van der Waals surface area contributed by atoms with Crippen LogP contribution in [-0.2, 0) is 0 Å². The van der Waals surface area contributed by atoms with Crippen LogP contribution in [0.2, 0.25) is 0 Å². The van der Waals surface area contributed by atoms with Crippen molar-refractivity contribution in [2.24, 2.45) is 5.92 Å². The van der Waals surface area contributed by atoms with E-state index in [0.29, 0.717) is 5.92 Å². The molecule has 3 heteroatoms. The first-order valence-corrected chi connectivity index (χ1v) is 5.61. The van der Waals surface area contributed by atoms with Crippen LogP contribution in [0.4, 0.5) is 0 Å². The summed E-state index contributed by atoms with van der Waals surface area (Å²) in [6, 6.07) is 3.90. The summed E-state index contributed by atoms with van der Waals surface area (Å²) in [4.78, 5) is 4.20. The molecule has 15 heavy (non-hydrogen) atoms. The van der Waals surface area contributed by atoms with Crippen molar-refractivity contribution in [3.05, 3.63) is 24.0 Å². The molecule has 1 aromatic rings. The average Bonchev–Trinajstić information content (AvgIpc) is 2.29. The van der Waals surface area contributed by atoms with Crippen molar-refractivity contribution in [1.82, 2.24) is 10.3 Å². The Kier molecular flexibility index (Phi) is 3.56. The third kappa shape index (κ3) is 2.93. The van der Waals surface area contributed by atoms with E-state index in [-0.39, 0.29) is 0 Å². The Morgan fingerprint density at radius 1 is 1.60 bits per heavy atom. The van der Waals surface area contributed by atoms with E-state index in [0.717, 1.165) is 31.1 Å². The maximum absolute atomic E-state index is 5.77. The van der Waals surface area contributed by atoms with Gasteiger partial charge in [-0.25, -0.2) is 0 Å². The van der Waals surface area contributed by atoms with Crippen LogP contribution in [0.5, 0.6) is 5.75 Å². The molecule has 1 atom stereocenters. The van der Waals surface area contributed by atoms with E-state index in [1.165, 1.54) is 12.8 Å². The van der Waals surface area contributed by atoms with Gasteiger partial charge in [-0.3, -0.25) is 4.98 Å². The Balaban J connectivity index is 1.84. The van der Waals surface area contributed by atoms with Crippen LogP contribution >= 0.6 is 0 Å². The number of aromatic nitrogens is 1. The van der Waals surface area contributed by atoms with E-state index in [9.17, 15) is 0 Å². The maximum Gasteiger partial charge on any atom is 0.140 e. The van der Waals surface area contributed by atoms with Crippen molar-refractivity contribution in [3.63, 3.8) is 0 Å². The van der Waals surface area contributed by atoms with Gasteiger partial charge < -0.3 is 10.1 Å². The number of nitrogens with zero attached hydrogens (tertiary/aromatic N) is 1. The molecule has 1 aliphatic heterocycles. The van der Waals surface area contributed by atoms with Crippen LogP contribution in [-0.4, -0.2) is 24.7 Å². The number of rotatable bonds is 3. The molecule has 1 saturated heterocycles. The molecule has 3 nitrogen and oxygen atoms in total. The molecule has 1 N–H and O–H groups in total. The zero-order chi connectivity index (χ0) is 10.5. The first kappa shape index (κ1) is 10.4.